The second-order valence-electron chi connectivity index (χ2n) is 8.74. The molecule has 12 heteroatoms. The van der Waals surface area contributed by atoms with E-state index in [0.717, 1.165) is 5.56 Å². The fourth-order valence-electron chi connectivity index (χ4n) is 3.73. The van der Waals surface area contributed by atoms with Crippen molar-refractivity contribution < 1.29 is 17.9 Å². The molecule has 0 aliphatic rings. The van der Waals surface area contributed by atoms with Crippen molar-refractivity contribution in [3.8, 4) is 5.75 Å². The van der Waals surface area contributed by atoms with Gasteiger partial charge in [-0.2, -0.15) is 0 Å². The first-order chi connectivity index (χ1) is 19.1. The SMILES string of the molecule is Cc1cc(C)nc(NS(=O)(=O)c2ccc(NC(=S)NC(=O)c3cc(Br)ccc3OCCc3ccccc3)cc2)n1. The molecule has 0 saturated carbocycles. The van der Waals surface area contributed by atoms with E-state index in [1.807, 2.05) is 30.3 Å². The largest absolute Gasteiger partial charge is 0.492 e. The molecule has 0 aliphatic carbocycles. The van der Waals surface area contributed by atoms with Gasteiger partial charge in [0.15, 0.2) is 5.11 Å². The molecule has 206 valence electrons. The number of sulfonamides is 1. The van der Waals surface area contributed by atoms with Crippen LogP contribution >= 0.6 is 28.1 Å². The Morgan fingerprint density at radius 3 is 2.30 bits per heavy atom. The van der Waals surface area contributed by atoms with Crippen LogP contribution in [0.4, 0.5) is 11.6 Å². The van der Waals surface area contributed by atoms with Gasteiger partial charge in [0.2, 0.25) is 5.95 Å². The number of aromatic nitrogens is 2. The maximum absolute atomic E-state index is 13.0. The molecule has 0 unspecified atom stereocenters. The highest BCUT2D eigenvalue weighted by Gasteiger charge is 2.18. The van der Waals surface area contributed by atoms with Crippen molar-refractivity contribution in [2.45, 2.75) is 25.2 Å². The molecular formula is C28H26BrN5O4S2. The van der Waals surface area contributed by atoms with Crippen LogP contribution in [0.3, 0.4) is 0 Å². The van der Waals surface area contributed by atoms with E-state index in [1.54, 1.807) is 38.1 Å². The number of ether oxygens (including phenoxy) is 1. The predicted molar refractivity (Wildman–Crippen MR) is 162 cm³/mol. The summed E-state index contributed by atoms with van der Waals surface area (Å²) in [4.78, 5) is 21.3. The molecule has 4 rings (SSSR count). The molecule has 9 nitrogen and oxygen atoms in total. The smallest absolute Gasteiger partial charge is 0.264 e. The Balaban J connectivity index is 1.37. The summed E-state index contributed by atoms with van der Waals surface area (Å²) in [5, 5.41) is 5.57. The van der Waals surface area contributed by atoms with Crippen molar-refractivity contribution in [3.05, 3.63) is 106 Å². The second kappa shape index (κ2) is 13.0. The highest BCUT2D eigenvalue weighted by Crippen LogP contribution is 2.24. The Bertz CT molecular complexity index is 1610. The maximum atomic E-state index is 13.0. The van der Waals surface area contributed by atoms with Gasteiger partial charge in [0, 0.05) is 28.0 Å². The zero-order chi connectivity index (χ0) is 28.7. The number of halogens is 1. The topological polar surface area (TPSA) is 122 Å². The second-order valence-corrected chi connectivity index (χ2v) is 11.7. The summed E-state index contributed by atoms with van der Waals surface area (Å²) in [7, 11) is -3.91. The van der Waals surface area contributed by atoms with Crippen molar-refractivity contribution in [2.24, 2.45) is 0 Å². The minimum atomic E-state index is -3.91. The fraction of sp³-hybridized carbons (Fsp3) is 0.143. The predicted octanol–water partition coefficient (Wildman–Crippen LogP) is 5.41. The van der Waals surface area contributed by atoms with Crippen molar-refractivity contribution in [2.75, 3.05) is 16.6 Å². The third kappa shape index (κ3) is 8.07. The highest BCUT2D eigenvalue weighted by atomic mass is 79.9. The molecule has 0 spiro atoms. The van der Waals surface area contributed by atoms with Crippen LogP contribution in [0.25, 0.3) is 0 Å². The highest BCUT2D eigenvalue weighted by molar-refractivity contribution is 9.10. The van der Waals surface area contributed by atoms with Crippen LogP contribution in [0.5, 0.6) is 5.75 Å². The lowest BCUT2D eigenvalue weighted by Gasteiger charge is -2.14. The monoisotopic (exact) mass is 639 g/mol. The van der Waals surface area contributed by atoms with Gasteiger partial charge in [-0.15, -0.1) is 0 Å². The zero-order valence-electron chi connectivity index (χ0n) is 21.6. The quantitative estimate of drug-likeness (QED) is 0.208. The van der Waals surface area contributed by atoms with Crippen LogP contribution < -0.4 is 20.1 Å². The van der Waals surface area contributed by atoms with E-state index >= 15 is 0 Å². The Morgan fingerprint density at radius 2 is 1.62 bits per heavy atom. The Kier molecular flexibility index (Phi) is 9.46. The third-order valence-electron chi connectivity index (χ3n) is 5.53. The van der Waals surface area contributed by atoms with Gasteiger partial charge in [-0.05, 0) is 80.2 Å². The van der Waals surface area contributed by atoms with E-state index in [-0.39, 0.29) is 16.0 Å². The summed E-state index contributed by atoms with van der Waals surface area (Å²) in [6.45, 7) is 3.91. The Morgan fingerprint density at radius 1 is 0.950 bits per heavy atom. The summed E-state index contributed by atoms with van der Waals surface area (Å²) >= 11 is 8.71. The Hall–Kier alpha value is -3.87. The lowest BCUT2D eigenvalue weighted by Crippen LogP contribution is -2.34. The molecule has 0 bridgehead atoms. The molecule has 0 fully saturated rings. The van der Waals surface area contributed by atoms with Gasteiger partial charge in [-0.3, -0.25) is 10.1 Å². The van der Waals surface area contributed by atoms with Crippen LogP contribution in [0, 0.1) is 13.8 Å². The number of rotatable bonds is 9. The number of anilines is 2. The first-order valence-electron chi connectivity index (χ1n) is 12.1. The van der Waals surface area contributed by atoms with Crippen LogP contribution in [0.2, 0.25) is 0 Å². The van der Waals surface area contributed by atoms with Gasteiger partial charge in [-0.25, -0.2) is 23.1 Å². The van der Waals surface area contributed by atoms with E-state index in [0.29, 0.717) is 45.9 Å². The van der Waals surface area contributed by atoms with Crippen LogP contribution in [0.15, 0.2) is 88.2 Å². The van der Waals surface area contributed by atoms with Gasteiger partial charge in [0.05, 0.1) is 17.1 Å². The molecule has 1 amide bonds. The molecule has 0 saturated heterocycles. The molecular weight excluding hydrogens is 614 g/mol. The van der Waals surface area contributed by atoms with Gasteiger partial charge in [-0.1, -0.05) is 46.3 Å². The van der Waals surface area contributed by atoms with Gasteiger partial charge in [0.25, 0.3) is 15.9 Å². The minimum absolute atomic E-state index is 0.000412. The molecule has 3 aromatic carbocycles. The van der Waals surface area contributed by atoms with Crippen molar-refractivity contribution >= 4 is 60.8 Å². The van der Waals surface area contributed by atoms with E-state index in [1.165, 1.54) is 24.3 Å². The Labute approximate surface area is 246 Å². The molecule has 40 heavy (non-hydrogen) atoms. The molecule has 1 heterocycles. The number of benzene rings is 3. The maximum Gasteiger partial charge on any atom is 0.264 e. The fourth-order valence-corrected chi connectivity index (χ4v) is 5.25. The van der Waals surface area contributed by atoms with Gasteiger partial charge < -0.3 is 10.1 Å². The first-order valence-corrected chi connectivity index (χ1v) is 14.8. The van der Waals surface area contributed by atoms with Crippen molar-refractivity contribution in [1.29, 1.82) is 0 Å². The van der Waals surface area contributed by atoms with Crippen LogP contribution in [-0.4, -0.2) is 36.0 Å². The average Bonchev–Trinajstić information content (AvgIpc) is 2.89. The summed E-state index contributed by atoms with van der Waals surface area (Å²) in [6.07, 6.45) is 0.691. The number of thiocarbonyl (C=S) groups is 1. The van der Waals surface area contributed by atoms with Gasteiger partial charge in [0.1, 0.15) is 5.75 Å². The number of aryl methyl sites for hydroxylation is 2. The number of nitrogens with zero attached hydrogens (tertiary/aromatic N) is 2. The van der Waals surface area contributed by atoms with Crippen molar-refractivity contribution in [1.82, 2.24) is 15.3 Å². The number of carbonyl (C=O) groups excluding carboxylic acids is 1. The molecule has 0 atom stereocenters. The normalized spacial score (nSPS) is 11.0. The zero-order valence-corrected chi connectivity index (χ0v) is 24.9. The molecule has 1 aromatic heterocycles. The lowest BCUT2D eigenvalue weighted by molar-refractivity contribution is 0.0973. The summed E-state index contributed by atoms with van der Waals surface area (Å²) < 4.78 is 34.5. The van der Waals surface area contributed by atoms with E-state index in [4.69, 9.17) is 17.0 Å². The van der Waals surface area contributed by atoms with E-state index < -0.39 is 15.9 Å². The number of hydrogen-bond acceptors (Lipinski definition) is 7. The number of carbonyl (C=O) groups is 1. The summed E-state index contributed by atoms with van der Waals surface area (Å²) in [5.74, 6) is -0.0285. The molecule has 4 aromatic rings. The van der Waals surface area contributed by atoms with E-state index in [2.05, 4.69) is 41.3 Å². The minimum Gasteiger partial charge on any atom is -0.492 e. The first kappa shape index (κ1) is 29.1. The van der Waals surface area contributed by atoms with Crippen LogP contribution in [0.1, 0.15) is 27.3 Å². The van der Waals surface area contributed by atoms with Crippen molar-refractivity contribution in [3.63, 3.8) is 0 Å². The molecule has 3 N–H and O–H groups in total. The van der Waals surface area contributed by atoms with Crippen LogP contribution in [-0.2, 0) is 16.4 Å². The standard InChI is InChI=1S/C28H26BrN5O4S2/c1-18-16-19(2)31-27(30-18)34-40(36,37)23-11-9-22(10-12-23)32-28(39)33-26(35)24-17-21(29)8-13-25(24)38-15-14-20-6-4-3-5-7-20/h3-13,16-17H,14-15H2,1-2H3,(H,30,31,34)(H2,32,33,35,39). The lowest BCUT2D eigenvalue weighted by atomic mass is 10.1. The van der Waals surface area contributed by atoms with Gasteiger partial charge >= 0.3 is 0 Å². The molecule has 0 radical (unpaired) electrons. The summed E-state index contributed by atoms with van der Waals surface area (Å²) in [6, 6.07) is 22.7. The van der Waals surface area contributed by atoms with E-state index in [9.17, 15) is 13.2 Å². The number of nitrogens with one attached hydrogen (secondary N) is 3. The third-order valence-corrected chi connectivity index (χ3v) is 7.58. The summed E-state index contributed by atoms with van der Waals surface area (Å²) in [5.41, 5.74) is 3.22. The number of hydrogen-bond donors (Lipinski definition) is 3. The number of amides is 1. The molecule has 0 aliphatic heterocycles. The average molecular weight is 641 g/mol.